The summed E-state index contributed by atoms with van der Waals surface area (Å²) in [5, 5.41) is 1.25. The molecule has 0 saturated carbocycles. The van der Waals surface area contributed by atoms with Crippen molar-refractivity contribution >= 4 is 35.0 Å². The van der Waals surface area contributed by atoms with Crippen molar-refractivity contribution in [2.75, 3.05) is 24.6 Å². The second-order valence-electron chi connectivity index (χ2n) is 4.71. The number of likely N-dealkylation sites (N-methyl/N-ethyl adjacent to an activating group) is 1. The van der Waals surface area contributed by atoms with Crippen molar-refractivity contribution in [2.24, 2.45) is 0 Å². The number of hydrogen-bond acceptors (Lipinski definition) is 4. The first-order chi connectivity index (χ1) is 11.1. The summed E-state index contributed by atoms with van der Waals surface area (Å²) < 4.78 is 10.1. The molecule has 0 atom stereocenters. The summed E-state index contributed by atoms with van der Waals surface area (Å²) in [6.07, 6.45) is -0.741. The number of carbonyl (C=O) groups is 1. The maximum Gasteiger partial charge on any atom is 0.513 e. The van der Waals surface area contributed by atoms with Gasteiger partial charge in [0.1, 0.15) is 12.4 Å². The van der Waals surface area contributed by atoms with Crippen molar-refractivity contribution in [2.45, 2.75) is 6.92 Å². The van der Waals surface area contributed by atoms with Crippen molar-refractivity contribution in [3.63, 3.8) is 0 Å². The first-order valence-corrected chi connectivity index (χ1v) is 7.94. The van der Waals surface area contributed by atoms with E-state index in [4.69, 9.17) is 32.7 Å². The molecule has 6 heteroatoms. The molecular weight excluding hydrogens is 337 g/mol. The van der Waals surface area contributed by atoms with E-state index in [1.54, 1.807) is 24.3 Å². The predicted molar refractivity (Wildman–Crippen MR) is 92.8 cm³/mol. The summed E-state index contributed by atoms with van der Waals surface area (Å²) in [6.45, 7) is 3.56. The number of ether oxygens (including phenoxy) is 2. The first-order valence-electron chi connectivity index (χ1n) is 7.19. The Labute approximate surface area is 145 Å². The molecule has 0 aliphatic carbocycles. The van der Waals surface area contributed by atoms with Gasteiger partial charge in [0.15, 0.2) is 0 Å². The van der Waals surface area contributed by atoms with Crippen molar-refractivity contribution in [3.05, 3.63) is 58.6 Å². The third-order valence-electron chi connectivity index (χ3n) is 3.15. The van der Waals surface area contributed by atoms with Gasteiger partial charge in [-0.05, 0) is 49.4 Å². The Morgan fingerprint density at radius 3 is 2.48 bits per heavy atom. The van der Waals surface area contributed by atoms with Crippen LogP contribution in [-0.2, 0) is 4.74 Å². The number of rotatable bonds is 6. The average molecular weight is 354 g/mol. The normalized spacial score (nSPS) is 10.2. The smallest absolute Gasteiger partial charge is 0.432 e. The monoisotopic (exact) mass is 353 g/mol. The molecule has 0 bridgehead atoms. The van der Waals surface area contributed by atoms with Crippen LogP contribution >= 0.6 is 23.2 Å². The lowest BCUT2D eigenvalue weighted by Gasteiger charge is -2.22. The van der Waals surface area contributed by atoms with E-state index < -0.39 is 6.16 Å². The Balaban J connectivity index is 1.80. The molecule has 0 N–H and O–H groups in total. The topological polar surface area (TPSA) is 38.8 Å². The van der Waals surface area contributed by atoms with Gasteiger partial charge in [-0.1, -0.05) is 29.3 Å². The van der Waals surface area contributed by atoms with Gasteiger partial charge in [0.05, 0.1) is 6.54 Å². The van der Waals surface area contributed by atoms with Gasteiger partial charge in [0, 0.05) is 22.3 Å². The number of nitrogens with zero attached hydrogens (tertiary/aromatic N) is 1. The quantitative estimate of drug-likeness (QED) is 0.538. The van der Waals surface area contributed by atoms with Crippen LogP contribution in [0.2, 0.25) is 10.0 Å². The third kappa shape index (κ3) is 5.66. The second-order valence-corrected chi connectivity index (χ2v) is 5.59. The van der Waals surface area contributed by atoms with Crippen LogP contribution in [0, 0.1) is 0 Å². The molecule has 0 fully saturated rings. The third-order valence-corrected chi connectivity index (χ3v) is 3.64. The molecule has 0 unspecified atom stereocenters. The fraction of sp³-hybridized carbons (Fsp3) is 0.235. The molecule has 4 nitrogen and oxygen atoms in total. The minimum absolute atomic E-state index is 0.215. The fourth-order valence-corrected chi connectivity index (χ4v) is 2.32. The molecule has 0 spiro atoms. The number of hydrogen-bond donors (Lipinski definition) is 0. The van der Waals surface area contributed by atoms with E-state index in [0.29, 0.717) is 22.3 Å². The maximum absolute atomic E-state index is 11.6. The van der Waals surface area contributed by atoms with E-state index >= 15 is 0 Å². The van der Waals surface area contributed by atoms with Crippen LogP contribution in [0.15, 0.2) is 48.5 Å². The summed E-state index contributed by atoms with van der Waals surface area (Å²) in [6, 6.07) is 14.0. The van der Waals surface area contributed by atoms with E-state index in [9.17, 15) is 4.79 Å². The minimum atomic E-state index is -0.741. The largest absolute Gasteiger partial charge is 0.513 e. The van der Waals surface area contributed by atoms with Crippen LogP contribution in [0.25, 0.3) is 0 Å². The van der Waals surface area contributed by atoms with E-state index in [1.807, 2.05) is 31.2 Å². The molecule has 122 valence electrons. The average Bonchev–Trinajstić information content (AvgIpc) is 2.54. The Morgan fingerprint density at radius 2 is 1.83 bits per heavy atom. The van der Waals surface area contributed by atoms with Gasteiger partial charge >= 0.3 is 6.16 Å². The first kappa shape index (κ1) is 17.4. The summed E-state index contributed by atoms with van der Waals surface area (Å²) in [4.78, 5) is 13.7. The summed E-state index contributed by atoms with van der Waals surface area (Å²) in [5.41, 5.74) is 0.981. The molecule has 23 heavy (non-hydrogen) atoms. The van der Waals surface area contributed by atoms with Crippen LogP contribution in [0.1, 0.15) is 6.92 Å². The summed E-state index contributed by atoms with van der Waals surface area (Å²) >= 11 is 11.8. The van der Waals surface area contributed by atoms with Crippen molar-refractivity contribution in [3.8, 4) is 5.75 Å². The highest BCUT2D eigenvalue weighted by atomic mass is 35.5. The summed E-state index contributed by atoms with van der Waals surface area (Å²) in [7, 11) is 0. The van der Waals surface area contributed by atoms with E-state index in [2.05, 4.69) is 4.90 Å². The van der Waals surface area contributed by atoms with Crippen molar-refractivity contribution < 1.29 is 14.3 Å². The van der Waals surface area contributed by atoms with E-state index in [0.717, 1.165) is 12.2 Å². The fourth-order valence-electron chi connectivity index (χ4n) is 2.01. The number of halogens is 2. The van der Waals surface area contributed by atoms with Crippen LogP contribution in [0.4, 0.5) is 10.5 Å². The number of benzene rings is 2. The van der Waals surface area contributed by atoms with Gasteiger partial charge in [-0.3, -0.25) is 0 Å². The molecule has 2 aromatic carbocycles. The zero-order chi connectivity index (χ0) is 16.7. The number of carbonyl (C=O) groups excluding carboxylic acids is 1. The SMILES string of the molecule is CCN(CCOC(=O)Oc1ccc(Cl)cc1)c1cccc(Cl)c1. The van der Waals surface area contributed by atoms with Crippen molar-refractivity contribution in [1.82, 2.24) is 0 Å². The molecule has 0 radical (unpaired) electrons. The zero-order valence-corrected chi connectivity index (χ0v) is 14.2. The summed E-state index contributed by atoms with van der Waals surface area (Å²) in [5.74, 6) is 0.390. The predicted octanol–water partition coefficient (Wildman–Crippen LogP) is 5.04. The van der Waals surface area contributed by atoms with Crippen LogP contribution in [0.5, 0.6) is 5.75 Å². The molecule has 0 aliphatic rings. The second kappa shape index (κ2) is 8.65. The van der Waals surface area contributed by atoms with Gasteiger partial charge in [0.2, 0.25) is 0 Å². The molecule has 2 rings (SSSR count). The lowest BCUT2D eigenvalue weighted by molar-refractivity contribution is 0.101. The number of anilines is 1. The van der Waals surface area contributed by atoms with Crippen LogP contribution in [-0.4, -0.2) is 25.9 Å². The lowest BCUT2D eigenvalue weighted by atomic mass is 10.3. The maximum atomic E-state index is 11.6. The molecule has 2 aromatic rings. The lowest BCUT2D eigenvalue weighted by Crippen LogP contribution is -2.28. The molecule has 0 aliphatic heterocycles. The standard InChI is InChI=1S/C17H17Cl2NO3/c1-2-20(15-5-3-4-14(19)12-15)10-11-22-17(21)23-16-8-6-13(18)7-9-16/h3-9,12H,2,10-11H2,1H3. The highest BCUT2D eigenvalue weighted by molar-refractivity contribution is 6.31. The van der Waals surface area contributed by atoms with Crippen LogP contribution in [0.3, 0.4) is 0 Å². The van der Waals surface area contributed by atoms with Crippen molar-refractivity contribution in [1.29, 1.82) is 0 Å². The minimum Gasteiger partial charge on any atom is -0.432 e. The highest BCUT2D eigenvalue weighted by Gasteiger charge is 2.09. The van der Waals surface area contributed by atoms with Gasteiger partial charge in [0.25, 0.3) is 0 Å². The molecular formula is C17H17Cl2NO3. The Morgan fingerprint density at radius 1 is 1.09 bits per heavy atom. The zero-order valence-electron chi connectivity index (χ0n) is 12.7. The Hall–Kier alpha value is -1.91. The van der Waals surface area contributed by atoms with E-state index in [-0.39, 0.29) is 6.61 Å². The Bertz CT molecular complexity index is 647. The van der Waals surface area contributed by atoms with Gasteiger partial charge in [-0.15, -0.1) is 0 Å². The molecule has 0 amide bonds. The van der Waals surface area contributed by atoms with E-state index in [1.165, 1.54) is 0 Å². The highest BCUT2D eigenvalue weighted by Crippen LogP contribution is 2.19. The van der Waals surface area contributed by atoms with Gasteiger partial charge in [-0.25, -0.2) is 4.79 Å². The Kier molecular flexibility index (Phi) is 6.56. The van der Waals surface area contributed by atoms with Gasteiger partial charge in [-0.2, -0.15) is 0 Å². The molecule has 0 saturated heterocycles. The molecule has 0 aromatic heterocycles. The van der Waals surface area contributed by atoms with Crippen LogP contribution < -0.4 is 9.64 Å². The molecule has 0 heterocycles. The van der Waals surface area contributed by atoms with Gasteiger partial charge < -0.3 is 14.4 Å².